The molecule has 1 aliphatic rings. The third-order valence-corrected chi connectivity index (χ3v) is 8.05. The van der Waals surface area contributed by atoms with Gasteiger partial charge in [-0.05, 0) is 53.6 Å². The molecule has 0 radical (unpaired) electrons. The van der Waals surface area contributed by atoms with Crippen LogP contribution < -0.4 is 10.1 Å². The minimum Gasteiger partial charge on any atom is -0.497 e. The van der Waals surface area contributed by atoms with Crippen LogP contribution in [0, 0.1) is 0 Å². The Morgan fingerprint density at radius 3 is 2.20 bits per heavy atom. The van der Waals surface area contributed by atoms with Crippen LogP contribution in [0.3, 0.4) is 0 Å². The first kappa shape index (κ1) is 24.4. The molecule has 0 aromatic heterocycles. The predicted octanol–water partition coefficient (Wildman–Crippen LogP) is 3.49. The maximum atomic E-state index is 13.7. The molecule has 2 amide bonds. The second-order valence-corrected chi connectivity index (χ2v) is 10.7. The van der Waals surface area contributed by atoms with Crippen LogP contribution in [0.2, 0.25) is 0 Å². The summed E-state index contributed by atoms with van der Waals surface area (Å²) in [6.45, 7) is 0. The third kappa shape index (κ3) is 4.52. The maximum absolute atomic E-state index is 13.7. The average Bonchev–Trinajstić information content (AvgIpc) is 2.86. The number of fused-ring (bicyclic) bond motifs is 1. The first-order valence-corrected chi connectivity index (χ1v) is 12.4. The highest BCUT2D eigenvalue weighted by atomic mass is 32.2. The molecule has 0 unspecified atom stereocenters. The fraction of sp³-hybridized carbons (Fsp3) is 0.231. The predicted molar refractivity (Wildman–Crippen MR) is 133 cm³/mol. The van der Waals surface area contributed by atoms with Crippen LogP contribution in [0.25, 0.3) is 0 Å². The number of anilines is 1. The van der Waals surface area contributed by atoms with Crippen molar-refractivity contribution in [2.24, 2.45) is 0 Å². The number of sulfonamides is 1. The molecule has 0 saturated heterocycles. The number of nitrogens with one attached hydrogen (secondary N) is 1. The zero-order chi connectivity index (χ0) is 25.3. The highest BCUT2D eigenvalue weighted by molar-refractivity contribution is 7.89. The molecule has 4 rings (SSSR count). The second-order valence-electron chi connectivity index (χ2n) is 8.50. The average molecular weight is 494 g/mol. The van der Waals surface area contributed by atoms with Gasteiger partial charge in [0.1, 0.15) is 5.75 Å². The van der Waals surface area contributed by atoms with E-state index >= 15 is 0 Å². The molecule has 0 bridgehead atoms. The Morgan fingerprint density at radius 2 is 1.60 bits per heavy atom. The van der Waals surface area contributed by atoms with Crippen LogP contribution in [-0.2, 0) is 14.8 Å². The smallest absolute Gasteiger partial charge is 0.254 e. The van der Waals surface area contributed by atoms with Gasteiger partial charge in [-0.3, -0.25) is 9.59 Å². The standard InChI is InChI=1S/C26H27N3O5S/c1-28(2)35(32,33)20-15-11-18(12-16-20)27-25(30)23-21-7-5-6-8-22(21)26(31)29(3)24(23)17-9-13-19(34-4)14-10-17/h5-16,23-24H,1-4H3,(H,27,30)/t23-,24+/m1/s1. The number of methoxy groups -OCH3 is 1. The van der Waals surface area contributed by atoms with E-state index in [4.69, 9.17) is 4.74 Å². The molecule has 1 aliphatic heterocycles. The molecule has 35 heavy (non-hydrogen) atoms. The second kappa shape index (κ2) is 9.52. The van der Waals surface area contributed by atoms with Gasteiger partial charge in [0.05, 0.1) is 24.0 Å². The molecule has 2 atom stereocenters. The van der Waals surface area contributed by atoms with Gasteiger partial charge in [-0.15, -0.1) is 0 Å². The maximum Gasteiger partial charge on any atom is 0.254 e. The first-order valence-electron chi connectivity index (χ1n) is 11.0. The Morgan fingerprint density at radius 1 is 0.971 bits per heavy atom. The summed E-state index contributed by atoms with van der Waals surface area (Å²) in [7, 11) is 2.61. The van der Waals surface area contributed by atoms with Gasteiger partial charge < -0.3 is 15.0 Å². The molecular weight excluding hydrogens is 466 g/mol. The lowest BCUT2D eigenvalue weighted by atomic mass is 9.79. The lowest BCUT2D eigenvalue weighted by Gasteiger charge is -2.39. The highest BCUT2D eigenvalue weighted by Crippen LogP contribution is 2.42. The summed E-state index contributed by atoms with van der Waals surface area (Å²) in [5.74, 6) is -0.482. The van der Waals surface area contributed by atoms with E-state index in [0.717, 1.165) is 9.87 Å². The van der Waals surface area contributed by atoms with Crippen molar-refractivity contribution in [3.63, 3.8) is 0 Å². The number of rotatable bonds is 6. The molecule has 0 saturated carbocycles. The number of benzene rings is 3. The molecule has 0 spiro atoms. The van der Waals surface area contributed by atoms with Gasteiger partial charge in [0, 0.05) is 32.4 Å². The number of amides is 2. The van der Waals surface area contributed by atoms with Crippen LogP contribution in [-0.4, -0.2) is 57.7 Å². The molecule has 0 fully saturated rings. The van der Waals surface area contributed by atoms with Gasteiger partial charge >= 0.3 is 0 Å². The zero-order valence-electron chi connectivity index (χ0n) is 19.9. The number of ether oxygens (including phenoxy) is 1. The monoisotopic (exact) mass is 493 g/mol. The Hall–Kier alpha value is -3.69. The van der Waals surface area contributed by atoms with E-state index in [0.29, 0.717) is 22.6 Å². The van der Waals surface area contributed by atoms with Gasteiger partial charge in [-0.2, -0.15) is 0 Å². The van der Waals surface area contributed by atoms with Crippen molar-refractivity contribution in [3.05, 3.63) is 89.5 Å². The van der Waals surface area contributed by atoms with Crippen molar-refractivity contribution in [1.29, 1.82) is 0 Å². The van der Waals surface area contributed by atoms with E-state index in [1.54, 1.807) is 61.5 Å². The Balaban J connectivity index is 1.71. The van der Waals surface area contributed by atoms with E-state index in [2.05, 4.69) is 5.32 Å². The number of hydrogen-bond donors (Lipinski definition) is 1. The third-order valence-electron chi connectivity index (χ3n) is 6.22. The molecule has 1 heterocycles. The van der Waals surface area contributed by atoms with E-state index in [1.165, 1.54) is 26.2 Å². The largest absolute Gasteiger partial charge is 0.497 e. The molecule has 3 aromatic rings. The van der Waals surface area contributed by atoms with Crippen LogP contribution in [0.5, 0.6) is 5.75 Å². The fourth-order valence-electron chi connectivity index (χ4n) is 4.32. The van der Waals surface area contributed by atoms with E-state index < -0.39 is 22.0 Å². The summed E-state index contributed by atoms with van der Waals surface area (Å²) >= 11 is 0. The molecule has 0 aliphatic carbocycles. The number of carbonyl (C=O) groups excluding carboxylic acids is 2. The van der Waals surface area contributed by atoms with Gasteiger partial charge in [-0.1, -0.05) is 30.3 Å². The summed E-state index contributed by atoms with van der Waals surface area (Å²) in [6.07, 6.45) is 0. The van der Waals surface area contributed by atoms with Crippen LogP contribution in [0.1, 0.15) is 33.4 Å². The number of nitrogens with zero attached hydrogens (tertiary/aromatic N) is 2. The van der Waals surface area contributed by atoms with Crippen molar-refractivity contribution in [2.75, 3.05) is 33.6 Å². The summed E-state index contributed by atoms with van der Waals surface area (Å²) < 4.78 is 31.1. The molecular formula is C26H27N3O5S. The molecule has 182 valence electrons. The Kier molecular flexibility index (Phi) is 6.64. The van der Waals surface area contributed by atoms with E-state index in [-0.39, 0.29) is 16.7 Å². The highest BCUT2D eigenvalue weighted by Gasteiger charge is 2.42. The number of hydrogen-bond acceptors (Lipinski definition) is 5. The summed E-state index contributed by atoms with van der Waals surface area (Å²) in [6, 6.07) is 19.9. The van der Waals surface area contributed by atoms with Crippen molar-refractivity contribution in [1.82, 2.24) is 9.21 Å². The number of likely N-dealkylation sites (N-methyl/N-ethyl adjacent to an activating group) is 1. The number of carbonyl (C=O) groups is 2. The van der Waals surface area contributed by atoms with Crippen molar-refractivity contribution < 1.29 is 22.7 Å². The lowest BCUT2D eigenvalue weighted by Crippen LogP contribution is -2.44. The van der Waals surface area contributed by atoms with Gasteiger partial charge in [0.25, 0.3) is 5.91 Å². The van der Waals surface area contributed by atoms with Crippen molar-refractivity contribution in [2.45, 2.75) is 16.9 Å². The zero-order valence-corrected chi connectivity index (χ0v) is 20.7. The van der Waals surface area contributed by atoms with Crippen LogP contribution in [0.4, 0.5) is 5.69 Å². The van der Waals surface area contributed by atoms with E-state index in [1.807, 2.05) is 18.2 Å². The summed E-state index contributed by atoms with van der Waals surface area (Å²) in [5.41, 5.74) is 2.37. The molecule has 1 N–H and O–H groups in total. The Labute approximate surface area is 205 Å². The van der Waals surface area contributed by atoms with Crippen molar-refractivity contribution >= 4 is 27.5 Å². The normalized spacial score (nSPS) is 17.7. The molecule has 9 heteroatoms. The quantitative estimate of drug-likeness (QED) is 0.567. The fourth-order valence-corrected chi connectivity index (χ4v) is 5.22. The van der Waals surface area contributed by atoms with Crippen LogP contribution in [0.15, 0.2) is 77.7 Å². The summed E-state index contributed by atoms with van der Waals surface area (Å²) in [5, 5.41) is 2.91. The minimum absolute atomic E-state index is 0.130. The summed E-state index contributed by atoms with van der Waals surface area (Å²) in [4.78, 5) is 28.5. The van der Waals surface area contributed by atoms with E-state index in [9.17, 15) is 18.0 Å². The molecule has 3 aromatic carbocycles. The van der Waals surface area contributed by atoms with Crippen molar-refractivity contribution in [3.8, 4) is 5.75 Å². The SMILES string of the molecule is COc1ccc([C@H]2[C@H](C(=O)Nc3ccc(S(=O)(=O)N(C)C)cc3)c3ccccc3C(=O)N2C)cc1. The minimum atomic E-state index is -3.58. The lowest BCUT2D eigenvalue weighted by molar-refractivity contribution is -0.119. The van der Waals surface area contributed by atoms with Gasteiger partial charge in [0.2, 0.25) is 15.9 Å². The van der Waals surface area contributed by atoms with Gasteiger partial charge in [0.15, 0.2) is 0 Å². The molecule has 8 nitrogen and oxygen atoms in total. The van der Waals surface area contributed by atoms with Crippen LogP contribution >= 0.6 is 0 Å². The first-order chi connectivity index (χ1) is 16.6. The topological polar surface area (TPSA) is 96.0 Å². The Bertz CT molecular complexity index is 1350. The van der Waals surface area contributed by atoms with Gasteiger partial charge in [-0.25, -0.2) is 12.7 Å².